The van der Waals surface area contributed by atoms with E-state index in [4.69, 9.17) is 10.5 Å². The van der Waals surface area contributed by atoms with E-state index in [0.29, 0.717) is 31.7 Å². The van der Waals surface area contributed by atoms with Crippen LogP contribution >= 0.6 is 0 Å². The zero-order valence-corrected chi connectivity index (χ0v) is 9.29. The van der Waals surface area contributed by atoms with Crippen molar-refractivity contribution in [2.45, 2.75) is 6.42 Å². The van der Waals surface area contributed by atoms with Crippen LogP contribution in [0.15, 0.2) is 18.2 Å². The number of morpholine rings is 1. The number of hydrogen-bond acceptors (Lipinski definition) is 3. The highest BCUT2D eigenvalue weighted by Crippen LogP contribution is 2.19. The number of halogens is 1. The molecule has 0 amide bonds. The molecule has 1 aliphatic rings. The Bertz CT molecular complexity index is 351. The second-order valence-electron chi connectivity index (χ2n) is 3.91. The number of nitrogens with two attached hydrogens (primary N) is 1. The predicted octanol–water partition coefficient (Wildman–Crippen LogP) is 1.16. The Morgan fingerprint density at radius 3 is 2.69 bits per heavy atom. The maximum Gasteiger partial charge on any atom is 0.128 e. The molecule has 0 atom stereocenters. The molecular weight excluding hydrogens is 207 g/mol. The number of hydrogen-bond donors (Lipinski definition) is 1. The van der Waals surface area contributed by atoms with Crippen LogP contribution in [0.25, 0.3) is 0 Å². The normalized spacial score (nSPS) is 16.5. The minimum atomic E-state index is -0.158. The first kappa shape index (κ1) is 11.4. The van der Waals surface area contributed by atoms with Gasteiger partial charge in [-0.1, -0.05) is 6.07 Å². The largest absolute Gasteiger partial charge is 0.378 e. The molecule has 0 saturated carbocycles. The van der Waals surface area contributed by atoms with Gasteiger partial charge in [0.2, 0.25) is 0 Å². The number of ether oxygens (including phenoxy) is 1. The molecule has 1 fully saturated rings. The average molecular weight is 224 g/mol. The molecule has 2 rings (SSSR count). The molecule has 1 saturated heterocycles. The number of nitrogens with zero attached hydrogens (tertiary/aromatic N) is 1. The van der Waals surface area contributed by atoms with Crippen molar-refractivity contribution in [3.63, 3.8) is 0 Å². The minimum Gasteiger partial charge on any atom is -0.378 e. The van der Waals surface area contributed by atoms with Gasteiger partial charge in [-0.25, -0.2) is 4.39 Å². The average Bonchev–Trinajstić information content (AvgIpc) is 2.33. The Morgan fingerprint density at radius 2 is 2.06 bits per heavy atom. The van der Waals surface area contributed by atoms with Crippen LogP contribution in [0.1, 0.15) is 5.56 Å². The van der Waals surface area contributed by atoms with Crippen molar-refractivity contribution in [3.05, 3.63) is 29.6 Å². The topological polar surface area (TPSA) is 38.5 Å². The van der Waals surface area contributed by atoms with Gasteiger partial charge in [0, 0.05) is 18.8 Å². The minimum absolute atomic E-state index is 0.158. The maximum absolute atomic E-state index is 13.7. The van der Waals surface area contributed by atoms with Crippen LogP contribution in [0.3, 0.4) is 0 Å². The SMILES string of the molecule is NCCc1ccc(N2CCOCC2)cc1F. The predicted molar refractivity (Wildman–Crippen MR) is 62.2 cm³/mol. The summed E-state index contributed by atoms with van der Waals surface area (Å²) >= 11 is 0. The van der Waals surface area contributed by atoms with Gasteiger partial charge in [0.25, 0.3) is 0 Å². The van der Waals surface area contributed by atoms with E-state index in [9.17, 15) is 4.39 Å². The highest BCUT2D eigenvalue weighted by atomic mass is 19.1. The monoisotopic (exact) mass is 224 g/mol. The van der Waals surface area contributed by atoms with Crippen LogP contribution in [-0.2, 0) is 11.2 Å². The number of benzene rings is 1. The lowest BCUT2D eigenvalue weighted by molar-refractivity contribution is 0.122. The van der Waals surface area contributed by atoms with E-state index in [1.807, 2.05) is 12.1 Å². The third-order valence-electron chi connectivity index (χ3n) is 2.83. The van der Waals surface area contributed by atoms with Crippen molar-refractivity contribution in [3.8, 4) is 0 Å². The first-order valence-electron chi connectivity index (χ1n) is 5.62. The fraction of sp³-hybridized carbons (Fsp3) is 0.500. The lowest BCUT2D eigenvalue weighted by atomic mass is 10.1. The molecule has 0 unspecified atom stereocenters. The van der Waals surface area contributed by atoms with Crippen molar-refractivity contribution in [2.24, 2.45) is 5.73 Å². The Hall–Kier alpha value is -1.13. The van der Waals surface area contributed by atoms with Crippen molar-refractivity contribution in [2.75, 3.05) is 37.7 Å². The summed E-state index contributed by atoms with van der Waals surface area (Å²) in [6.07, 6.45) is 0.592. The lowest BCUT2D eigenvalue weighted by Gasteiger charge is -2.29. The fourth-order valence-corrected chi connectivity index (χ4v) is 1.91. The van der Waals surface area contributed by atoms with Gasteiger partial charge in [0.1, 0.15) is 5.82 Å². The highest BCUT2D eigenvalue weighted by Gasteiger charge is 2.12. The number of rotatable bonds is 3. The van der Waals surface area contributed by atoms with Gasteiger partial charge in [0.05, 0.1) is 13.2 Å². The maximum atomic E-state index is 13.7. The third kappa shape index (κ3) is 2.51. The fourth-order valence-electron chi connectivity index (χ4n) is 1.91. The zero-order valence-electron chi connectivity index (χ0n) is 9.29. The van der Waals surface area contributed by atoms with E-state index in [0.717, 1.165) is 18.8 Å². The Balaban J connectivity index is 2.13. The second-order valence-corrected chi connectivity index (χ2v) is 3.91. The van der Waals surface area contributed by atoms with Crippen LogP contribution in [-0.4, -0.2) is 32.8 Å². The van der Waals surface area contributed by atoms with Crippen molar-refractivity contribution in [1.29, 1.82) is 0 Å². The van der Waals surface area contributed by atoms with Crippen molar-refractivity contribution < 1.29 is 9.13 Å². The lowest BCUT2D eigenvalue weighted by Crippen LogP contribution is -2.36. The summed E-state index contributed by atoms with van der Waals surface area (Å²) in [6.45, 7) is 3.57. The molecule has 3 nitrogen and oxygen atoms in total. The Kier molecular flexibility index (Phi) is 3.74. The van der Waals surface area contributed by atoms with E-state index in [-0.39, 0.29) is 5.82 Å². The molecule has 0 aromatic heterocycles. The molecule has 0 radical (unpaired) electrons. The van der Waals surface area contributed by atoms with Gasteiger partial charge in [-0.2, -0.15) is 0 Å². The quantitative estimate of drug-likeness (QED) is 0.837. The van der Waals surface area contributed by atoms with E-state index in [2.05, 4.69) is 4.90 Å². The molecule has 88 valence electrons. The molecule has 16 heavy (non-hydrogen) atoms. The molecule has 1 aliphatic heterocycles. The highest BCUT2D eigenvalue weighted by molar-refractivity contribution is 5.48. The first-order chi connectivity index (χ1) is 7.81. The van der Waals surface area contributed by atoms with Gasteiger partial charge in [-0.3, -0.25) is 0 Å². The van der Waals surface area contributed by atoms with Crippen LogP contribution in [0.2, 0.25) is 0 Å². The van der Waals surface area contributed by atoms with Gasteiger partial charge < -0.3 is 15.4 Å². The summed E-state index contributed by atoms with van der Waals surface area (Å²) in [6, 6.07) is 5.38. The summed E-state index contributed by atoms with van der Waals surface area (Å²) in [5, 5.41) is 0. The van der Waals surface area contributed by atoms with Crippen LogP contribution < -0.4 is 10.6 Å². The van der Waals surface area contributed by atoms with Crippen LogP contribution in [0.4, 0.5) is 10.1 Å². The van der Waals surface area contributed by atoms with Crippen LogP contribution in [0.5, 0.6) is 0 Å². The smallest absolute Gasteiger partial charge is 0.128 e. The summed E-state index contributed by atoms with van der Waals surface area (Å²) in [7, 11) is 0. The Morgan fingerprint density at radius 1 is 1.31 bits per heavy atom. The molecular formula is C12H17FN2O. The molecule has 1 aromatic carbocycles. The molecule has 2 N–H and O–H groups in total. The molecule has 1 aromatic rings. The summed E-state index contributed by atoms with van der Waals surface area (Å²) in [5.41, 5.74) is 7.04. The third-order valence-corrected chi connectivity index (χ3v) is 2.83. The van der Waals surface area contributed by atoms with Crippen molar-refractivity contribution >= 4 is 5.69 Å². The number of anilines is 1. The summed E-state index contributed by atoms with van der Waals surface area (Å²) in [5.74, 6) is -0.158. The van der Waals surface area contributed by atoms with Gasteiger partial charge >= 0.3 is 0 Å². The summed E-state index contributed by atoms with van der Waals surface area (Å²) in [4.78, 5) is 2.14. The molecule has 0 bridgehead atoms. The van der Waals surface area contributed by atoms with E-state index < -0.39 is 0 Å². The molecule has 0 spiro atoms. The van der Waals surface area contributed by atoms with Crippen molar-refractivity contribution in [1.82, 2.24) is 0 Å². The first-order valence-corrected chi connectivity index (χ1v) is 5.62. The molecule has 4 heteroatoms. The van der Waals surface area contributed by atoms with E-state index in [1.165, 1.54) is 0 Å². The van der Waals surface area contributed by atoms with Crippen LogP contribution in [0, 0.1) is 5.82 Å². The van der Waals surface area contributed by atoms with E-state index in [1.54, 1.807) is 6.07 Å². The summed E-state index contributed by atoms with van der Waals surface area (Å²) < 4.78 is 18.9. The second kappa shape index (κ2) is 5.27. The molecule has 1 heterocycles. The van der Waals surface area contributed by atoms with E-state index >= 15 is 0 Å². The molecule has 0 aliphatic carbocycles. The van der Waals surface area contributed by atoms with Gasteiger partial charge in [-0.15, -0.1) is 0 Å². The zero-order chi connectivity index (χ0) is 11.4. The van der Waals surface area contributed by atoms with Gasteiger partial charge in [-0.05, 0) is 30.7 Å². The standard InChI is InChI=1S/C12H17FN2O/c13-12-9-11(2-1-10(12)3-4-14)15-5-7-16-8-6-15/h1-2,9H,3-8,14H2. The van der Waals surface area contributed by atoms with Gasteiger partial charge in [0.15, 0.2) is 0 Å². The Labute approximate surface area is 95.0 Å².